The number of benzene rings is 10. The fourth-order valence-corrected chi connectivity index (χ4v) is 11.3. The van der Waals surface area contributed by atoms with Crippen LogP contribution in [0.5, 0.6) is 0 Å². The van der Waals surface area contributed by atoms with E-state index >= 15 is 0 Å². The summed E-state index contributed by atoms with van der Waals surface area (Å²) in [6.45, 7) is 0. The van der Waals surface area contributed by atoms with Crippen LogP contribution in [0.15, 0.2) is 237 Å². The quantitative estimate of drug-likeness (QED) is 0.155. The van der Waals surface area contributed by atoms with Crippen LogP contribution < -0.4 is 4.90 Å². The van der Waals surface area contributed by atoms with E-state index in [0.29, 0.717) is 0 Å². The number of nitrogens with zero attached hydrogens (tertiary/aromatic N) is 1. The summed E-state index contributed by atoms with van der Waals surface area (Å²) in [6.07, 6.45) is 0. The fourth-order valence-electron chi connectivity index (χ4n) is 10.0. The third-order valence-corrected chi connectivity index (χ3v) is 13.9. The minimum atomic E-state index is -0.516. The minimum absolute atomic E-state index is 0.516. The van der Waals surface area contributed by atoms with Gasteiger partial charge in [-0.2, -0.15) is 0 Å². The van der Waals surface area contributed by atoms with Gasteiger partial charge in [-0.05, 0) is 109 Å². The maximum Gasteiger partial charge on any atom is 0.0714 e. The van der Waals surface area contributed by atoms with Gasteiger partial charge in [-0.3, -0.25) is 0 Å². The van der Waals surface area contributed by atoms with Crippen molar-refractivity contribution in [1.29, 1.82) is 0 Å². The molecule has 0 saturated heterocycles. The van der Waals surface area contributed by atoms with Crippen LogP contribution in [0, 0.1) is 0 Å². The molecule has 0 amide bonds. The Bertz CT molecular complexity index is 3360. The zero-order chi connectivity index (χ0) is 40.3. The molecule has 61 heavy (non-hydrogen) atoms. The average Bonchev–Trinajstić information content (AvgIpc) is 3.87. The first kappa shape index (κ1) is 35.4. The van der Waals surface area contributed by atoms with Gasteiger partial charge in [-0.15, -0.1) is 11.3 Å². The van der Waals surface area contributed by atoms with Gasteiger partial charge in [0.1, 0.15) is 0 Å². The van der Waals surface area contributed by atoms with E-state index in [0.717, 1.165) is 17.1 Å². The zero-order valence-electron chi connectivity index (χ0n) is 33.4. The maximum absolute atomic E-state index is 2.50. The molecule has 0 bridgehead atoms. The van der Waals surface area contributed by atoms with Crippen LogP contribution in [0.2, 0.25) is 0 Å². The van der Waals surface area contributed by atoms with Gasteiger partial charge in [0.15, 0.2) is 0 Å². The van der Waals surface area contributed by atoms with Crippen molar-refractivity contribution in [3.63, 3.8) is 0 Å². The number of rotatable bonds is 7. The van der Waals surface area contributed by atoms with E-state index in [1.807, 2.05) is 11.3 Å². The molecule has 1 aliphatic rings. The highest BCUT2D eigenvalue weighted by Crippen LogP contribution is 2.58. The molecular weight excluding hydrogens is 755 g/mol. The summed E-state index contributed by atoms with van der Waals surface area (Å²) in [5.41, 5.74) is 15.4. The second-order valence-electron chi connectivity index (χ2n) is 16.0. The molecule has 12 rings (SSSR count). The lowest BCUT2D eigenvalue weighted by Crippen LogP contribution is -2.28. The van der Waals surface area contributed by atoms with Crippen LogP contribution in [0.3, 0.4) is 0 Å². The molecule has 0 unspecified atom stereocenters. The predicted octanol–water partition coefficient (Wildman–Crippen LogP) is 16.4. The molecule has 1 aliphatic carbocycles. The lowest BCUT2D eigenvalue weighted by Gasteiger charge is -2.35. The Balaban J connectivity index is 1.13. The van der Waals surface area contributed by atoms with E-state index in [1.54, 1.807) is 0 Å². The largest absolute Gasteiger partial charge is 0.310 e. The first-order chi connectivity index (χ1) is 30.3. The number of hydrogen-bond donors (Lipinski definition) is 0. The van der Waals surface area contributed by atoms with Gasteiger partial charge < -0.3 is 4.90 Å². The highest BCUT2D eigenvalue weighted by atomic mass is 32.1. The summed E-state index contributed by atoms with van der Waals surface area (Å²) < 4.78 is 2.57. The summed E-state index contributed by atoms with van der Waals surface area (Å²) in [5, 5.41) is 5.03. The summed E-state index contributed by atoms with van der Waals surface area (Å²) in [7, 11) is 0. The Kier molecular flexibility index (Phi) is 8.33. The Morgan fingerprint density at radius 3 is 1.72 bits per heavy atom. The van der Waals surface area contributed by atoms with Crippen LogP contribution in [0.25, 0.3) is 64.3 Å². The topological polar surface area (TPSA) is 3.24 Å². The van der Waals surface area contributed by atoms with E-state index in [2.05, 4.69) is 241 Å². The van der Waals surface area contributed by atoms with Crippen LogP contribution >= 0.6 is 11.3 Å². The van der Waals surface area contributed by atoms with E-state index in [-0.39, 0.29) is 0 Å². The summed E-state index contributed by atoms with van der Waals surface area (Å²) in [4.78, 5) is 2.50. The molecule has 2 heteroatoms. The molecule has 0 atom stereocenters. The maximum atomic E-state index is 2.50. The van der Waals surface area contributed by atoms with Gasteiger partial charge in [0.2, 0.25) is 0 Å². The highest BCUT2D eigenvalue weighted by Gasteiger charge is 2.46. The standard InChI is InChI=1S/C59H39NS/c1-4-17-42(18-5-1)49-36-37-55(57-52-25-13-15-27-56(52)61-58(49)57)60(47-32-30-41(31-33-47)44-29-28-40-16-10-11-19-43(40)38-44)48-34-35-51-50-24-12-14-26-53(50)59(54(51)39-48,45-20-6-2-7-21-45)46-22-8-3-9-23-46/h1-39H. The SMILES string of the molecule is c1ccc(-c2ccc(N(c3ccc(-c4ccc5ccccc5c4)cc3)c3ccc4c(c3)C(c3ccccc3)(c3ccccc3)c3ccccc3-4)c3c2sc2ccccc23)cc1. The first-order valence-electron chi connectivity index (χ1n) is 21.0. The Labute approximate surface area is 360 Å². The molecule has 11 aromatic rings. The second kappa shape index (κ2) is 14.3. The van der Waals surface area contributed by atoms with Crippen LogP contribution in [-0.2, 0) is 5.41 Å². The van der Waals surface area contributed by atoms with Crippen molar-refractivity contribution in [2.45, 2.75) is 5.41 Å². The van der Waals surface area contributed by atoms with Crippen molar-refractivity contribution < 1.29 is 0 Å². The van der Waals surface area contributed by atoms with Crippen LogP contribution in [-0.4, -0.2) is 0 Å². The van der Waals surface area contributed by atoms with Crippen molar-refractivity contribution >= 4 is 59.3 Å². The van der Waals surface area contributed by atoms with Gasteiger partial charge in [0.25, 0.3) is 0 Å². The van der Waals surface area contributed by atoms with Gasteiger partial charge in [0.05, 0.1) is 11.1 Å². The summed E-state index contributed by atoms with van der Waals surface area (Å²) in [5.74, 6) is 0. The van der Waals surface area contributed by atoms with Gasteiger partial charge in [-0.25, -0.2) is 0 Å². The lowest BCUT2D eigenvalue weighted by molar-refractivity contribution is 0.768. The normalized spacial score (nSPS) is 12.7. The number of fused-ring (bicyclic) bond motifs is 7. The third kappa shape index (κ3) is 5.60. The molecule has 0 fully saturated rings. The Morgan fingerprint density at radius 2 is 0.951 bits per heavy atom. The molecule has 1 nitrogen and oxygen atoms in total. The summed E-state index contributed by atoms with van der Waals surface area (Å²) in [6, 6.07) is 87.4. The van der Waals surface area contributed by atoms with Crippen molar-refractivity contribution in [1.82, 2.24) is 0 Å². The average molecular weight is 794 g/mol. The number of thiophene rings is 1. The molecule has 0 aliphatic heterocycles. The Hall–Kier alpha value is -7.52. The second-order valence-corrected chi connectivity index (χ2v) is 17.1. The predicted molar refractivity (Wildman–Crippen MR) is 260 cm³/mol. The molecule has 0 radical (unpaired) electrons. The van der Waals surface area contributed by atoms with Gasteiger partial charge in [0, 0.05) is 31.5 Å². The molecular formula is C59H39NS. The first-order valence-corrected chi connectivity index (χ1v) is 21.8. The van der Waals surface area contributed by atoms with Crippen molar-refractivity contribution in [2.75, 3.05) is 4.90 Å². The van der Waals surface area contributed by atoms with E-state index < -0.39 is 5.41 Å². The summed E-state index contributed by atoms with van der Waals surface area (Å²) >= 11 is 1.89. The molecule has 0 saturated carbocycles. The molecule has 1 heterocycles. The minimum Gasteiger partial charge on any atom is -0.310 e. The van der Waals surface area contributed by atoms with E-state index in [9.17, 15) is 0 Å². The fraction of sp³-hybridized carbons (Fsp3) is 0.0169. The number of anilines is 3. The van der Waals surface area contributed by atoms with Crippen molar-refractivity contribution in [3.8, 4) is 33.4 Å². The Morgan fingerprint density at radius 1 is 0.361 bits per heavy atom. The highest BCUT2D eigenvalue weighted by molar-refractivity contribution is 7.26. The molecule has 10 aromatic carbocycles. The van der Waals surface area contributed by atoms with Gasteiger partial charge in [-0.1, -0.05) is 194 Å². The molecule has 1 aromatic heterocycles. The smallest absolute Gasteiger partial charge is 0.0714 e. The van der Waals surface area contributed by atoms with Crippen molar-refractivity contribution in [3.05, 3.63) is 259 Å². The van der Waals surface area contributed by atoms with E-state index in [4.69, 9.17) is 0 Å². The van der Waals surface area contributed by atoms with Crippen molar-refractivity contribution in [2.24, 2.45) is 0 Å². The molecule has 0 N–H and O–H groups in total. The number of hydrogen-bond acceptors (Lipinski definition) is 2. The third-order valence-electron chi connectivity index (χ3n) is 12.7. The monoisotopic (exact) mass is 793 g/mol. The van der Waals surface area contributed by atoms with E-state index in [1.165, 1.54) is 86.6 Å². The lowest BCUT2D eigenvalue weighted by atomic mass is 9.67. The van der Waals surface area contributed by atoms with Gasteiger partial charge >= 0.3 is 0 Å². The molecule has 286 valence electrons. The van der Waals surface area contributed by atoms with Crippen LogP contribution in [0.1, 0.15) is 22.3 Å². The van der Waals surface area contributed by atoms with Crippen LogP contribution in [0.4, 0.5) is 17.1 Å². The molecule has 0 spiro atoms. The zero-order valence-corrected chi connectivity index (χ0v) is 34.2.